The van der Waals surface area contributed by atoms with Crippen LogP contribution in [0.4, 0.5) is 10.1 Å². The molecule has 0 bridgehead atoms. The molecule has 1 heterocycles. The van der Waals surface area contributed by atoms with Crippen LogP contribution < -0.4 is 4.90 Å². The Morgan fingerprint density at radius 1 is 1.53 bits per heavy atom. The topological polar surface area (TPSA) is 47.3 Å². The second kappa shape index (κ2) is 3.87. The van der Waals surface area contributed by atoms with Crippen molar-refractivity contribution >= 4 is 5.69 Å². The molecule has 0 aromatic heterocycles. The van der Waals surface area contributed by atoms with Crippen molar-refractivity contribution in [3.8, 4) is 6.07 Å². The number of anilines is 1. The first-order valence-corrected chi connectivity index (χ1v) is 4.83. The van der Waals surface area contributed by atoms with Crippen LogP contribution in [-0.2, 0) is 0 Å². The minimum atomic E-state index is -0.407. The third-order valence-electron chi connectivity index (χ3n) is 2.58. The minimum Gasteiger partial charge on any atom is -0.391 e. The van der Waals surface area contributed by atoms with E-state index < -0.39 is 5.82 Å². The summed E-state index contributed by atoms with van der Waals surface area (Å²) >= 11 is 0. The van der Waals surface area contributed by atoms with Crippen LogP contribution in [0.3, 0.4) is 0 Å². The number of benzene rings is 1. The third kappa shape index (κ3) is 1.92. The number of aliphatic hydroxyl groups excluding tert-OH is 1. The van der Waals surface area contributed by atoms with Crippen molar-refractivity contribution in [3.63, 3.8) is 0 Å². The summed E-state index contributed by atoms with van der Waals surface area (Å²) < 4.78 is 12.9. The van der Waals surface area contributed by atoms with Gasteiger partial charge in [0.1, 0.15) is 11.9 Å². The Morgan fingerprint density at radius 2 is 2.33 bits per heavy atom. The molecule has 3 nitrogen and oxygen atoms in total. The Morgan fingerprint density at radius 3 is 2.93 bits per heavy atom. The first kappa shape index (κ1) is 9.94. The molecule has 2 rings (SSSR count). The molecule has 1 N–H and O–H groups in total. The molecule has 1 aromatic carbocycles. The van der Waals surface area contributed by atoms with Gasteiger partial charge in [-0.25, -0.2) is 4.39 Å². The van der Waals surface area contributed by atoms with E-state index in [1.807, 2.05) is 11.0 Å². The zero-order chi connectivity index (χ0) is 10.8. The van der Waals surface area contributed by atoms with Gasteiger partial charge in [-0.1, -0.05) is 0 Å². The first-order chi connectivity index (χ1) is 7.20. The predicted molar refractivity (Wildman–Crippen MR) is 54.0 cm³/mol. The molecule has 1 saturated heterocycles. The molecular formula is C11H11FN2O. The first-order valence-electron chi connectivity index (χ1n) is 4.83. The number of nitrogens with zero attached hydrogens (tertiary/aromatic N) is 2. The summed E-state index contributed by atoms with van der Waals surface area (Å²) in [6, 6.07) is 6.11. The van der Waals surface area contributed by atoms with Gasteiger partial charge in [-0.2, -0.15) is 5.26 Å². The van der Waals surface area contributed by atoms with E-state index in [0.717, 1.165) is 0 Å². The largest absolute Gasteiger partial charge is 0.391 e. The molecule has 0 radical (unpaired) electrons. The van der Waals surface area contributed by atoms with Crippen molar-refractivity contribution in [2.75, 3.05) is 18.0 Å². The molecule has 1 atom stereocenters. The highest BCUT2D eigenvalue weighted by atomic mass is 19.1. The average Bonchev–Trinajstić information content (AvgIpc) is 2.64. The molecule has 1 aliphatic rings. The Kier molecular flexibility index (Phi) is 2.57. The molecule has 1 aliphatic heterocycles. The summed E-state index contributed by atoms with van der Waals surface area (Å²) in [7, 11) is 0. The van der Waals surface area contributed by atoms with Crippen LogP contribution in [0.1, 0.15) is 12.0 Å². The summed E-state index contributed by atoms with van der Waals surface area (Å²) in [5.74, 6) is -0.407. The van der Waals surface area contributed by atoms with Gasteiger partial charge in [0.05, 0.1) is 17.4 Å². The number of aliphatic hydroxyl groups is 1. The normalized spacial score (nSPS) is 20.3. The molecule has 0 amide bonds. The van der Waals surface area contributed by atoms with Gasteiger partial charge in [-0.3, -0.25) is 0 Å². The van der Waals surface area contributed by atoms with E-state index in [9.17, 15) is 9.50 Å². The maximum absolute atomic E-state index is 12.9. The van der Waals surface area contributed by atoms with Gasteiger partial charge >= 0.3 is 0 Å². The predicted octanol–water partition coefficient (Wildman–Crippen LogP) is 1.27. The van der Waals surface area contributed by atoms with Crippen molar-refractivity contribution in [2.45, 2.75) is 12.5 Å². The van der Waals surface area contributed by atoms with E-state index in [-0.39, 0.29) is 6.10 Å². The summed E-state index contributed by atoms with van der Waals surface area (Å²) in [6.07, 6.45) is 0.351. The van der Waals surface area contributed by atoms with Crippen LogP contribution >= 0.6 is 0 Å². The van der Waals surface area contributed by atoms with Crippen LogP contribution in [0, 0.1) is 17.1 Å². The number of β-amino-alcohol motifs (C(OH)–C–C–N with tert-alkyl or cyclic N) is 1. The van der Waals surface area contributed by atoms with E-state index in [1.165, 1.54) is 12.1 Å². The van der Waals surface area contributed by atoms with Crippen molar-refractivity contribution in [1.82, 2.24) is 0 Å². The zero-order valence-corrected chi connectivity index (χ0v) is 8.15. The van der Waals surface area contributed by atoms with Crippen LogP contribution in [0.2, 0.25) is 0 Å². The van der Waals surface area contributed by atoms with E-state index in [4.69, 9.17) is 5.26 Å². The lowest BCUT2D eigenvalue weighted by Crippen LogP contribution is -2.22. The lowest BCUT2D eigenvalue weighted by Gasteiger charge is -2.18. The number of halogens is 1. The van der Waals surface area contributed by atoms with Gasteiger partial charge in [-0.05, 0) is 24.6 Å². The standard InChI is InChI=1S/C11H11FN2O/c12-9-1-2-11(8(5-9)6-13)14-4-3-10(15)7-14/h1-2,5,10,15H,3-4,7H2. The van der Waals surface area contributed by atoms with Crippen LogP contribution in [0.5, 0.6) is 0 Å². The number of nitriles is 1. The van der Waals surface area contributed by atoms with Gasteiger partial charge in [0, 0.05) is 13.1 Å². The Bertz CT molecular complexity index is 414. The molecular weight excluding hydrogens is 195 g/mol. The highest BCUT2D eigenvalue weighted by molar-refractivity contribution is 5.60. The molecule has 4 heteroatoms. The van der Waals surface area contributed by atoms with Crippen molar-refractivity contribution < 1.29 is 9.50 Å². The highest BCUT2D eigenvalue weighted by Gasteiger charge is 2.22. The molecule has 1 unspecified atom stereocenters. The van der Waals surface area contributed by atoms with E-state index in [1.54, 1.807) is 6.07 Å². The fourth-order valence-electron chi connectivity index (χ4n) is 1.83. The third-order valence-corrected chi connectivity index (χ3v) is 2.58. The fraction of sp³-hybridized carbons (Fsp3) is 0.364. The summed E-state index contributed by atoms with van der Waals surface area (Å²) in [5, 5.41) is 18.2. The maximum atomic E-state index is 12.9. The van der Waals surface area contributed by atoms with Gasteiger partial charge in [0.2, 0.25) is 0 Å². The second-order valence-corrected chi connectivity index (χ2v) is 3.66. The van der Waals surface area contributed by atoms with Crippen molar-refractivity contribution in [1.29, 1.82) is 5.26 Å². The molecule has 0 aliphatic carbocycles. The SMILES string of the molecule is N#Cc1cc(F)ccc1N1CCC(O)C1. The fourth-order valence-corrected chi connectivity index (χ4v) is 1.83. The summed E-state index contributed by atoms with van der Waals surface area (Å²) in [4.78, 5) is 1.91. The monoisotopic (exact) mass is 206 g/mol. The molecule has 78 valence electrons. The maximum Gasteiger partial charge on any atom is 0.124 e. The molecule has 0 saturated carbocycles. The zero-order valence-electron chi connectivity index (χ0n) is 8.15. The quantitative estimate of drug-likeness (QED) is 0.752. The lowest BCUT2D eigenvalue weighted by molar-refractivity contribution is 0.198. The average molecular weight is 206 g/mol. The van der Waals surface area contributed by atoms with E-state index >= 15 is 0 Å². The number of hydrogen-bond acceptors (Lipinski definition) is 3. The molecule has 0 spiro atoms. The smallest absolute Gasteiger partial charge is 0.124 e. The number of rotatable bonds is 1. The highest BCUT2D eigenvalue weighted by Crippen LogP contribution is 2.24. The minimum absolute atomic E-state index is 0.323. The van der Waals surface area contributed by atoms with Gasteiger partial charge in [0.25, 0.3) is 0 Å². The van der Waals surface area contributed by atoms with Crippen LogP contribution in [-0.4, -0.2) is 24.3 Å². The van der Waals surface area contributed by atoms with Crippen molar-refractivity contribution in [3.05, 3.63) is 29.6 Å². The van der Waals surface area contributed by atoms with Gasteiger partial charge in [0.15, 0.2) is 0 Å². The van der Waals surface area contributed by atoms with E-state index in [2.05, 4.69) is 0 Å². The molecule has 15 heavy (non-hydrogen) atoms. The Hall–Kier alpha value is -1.60. The number of hydrogen-bond donors (Lipinski definition) is 1. The lowest BCUT2D eigenvalue weighted by atomic mass is 10.2. The van der Waals surface area contributed by atoms with Crippen molar-refractivity contribution in [2.24, 2.45) is 0 Å². The van der Waals surface area contributed by atoms with E-state index in [0.29, 0.717) is 30.8 Å². The molecule has 1 fully saturated rings. The van der Waals surface area contributed by atoms with Gasteiger partial charge in [-0.15, -0.1) is 0 Å². The van der Waals surface area contributed by atoms with Crippen LogP contribution in [0.15, 0.2) is 18.2 Å². The second-order valence-electron chi connectivity index (χ2n) is 3.66. The summed E-state index contributed by atoms with van der Waals surface area (Å²) in [5.41, 5.74) is 1.03. The Balaban J connectivity index is 2.32. The Labute approximate surface area is 87.4 Å². The molecule has 1 aromatic rings. The van der Waals surface area contributed by atoms with Gasteiger partial charge < -0.3 is 10.0 Å². The summed E-state index contributed by atoms with van der Waals surface area (Å²) in [6.45, 7) is 1.22. The van der Waals surface area contributed by atoms with Crippen LogP contribution in [0.25, 0.3) is 0 Å².